The van der Waals surface area contributed by atoms with Crippen molar-refractivity contribution in [3.63, 3.8) is 0 Å². The third-order valence-electron chi connectivity index (χ3n) is 6.95. The van der Waals surface area contributed by atoms with Crippen molar-refractivity contribution in [2.75, 3.05) is 13.1 Å². The van der Waals surface area contributed by atoms with E-state index in [-0.39, 0.29) is 18.3 Å². The Balaban J connectivity index is 1.18. The van der Waals surface area contributed by atoms with Gasteiger partial charge in [-0.25, -0.2) is 9.78 Å². The van der Waals surface area contributed by atoms with E-state index in [1.165, 1.54) is 0 Å². The summed E-state index contributed by atoms with van der Waals surface area (Å²) in [5.41, 5.74) is -0.0143. The normalized spacial score (nSPS) is 38.3. The molecule has 2 heterocycles. The molecule has 7 heteroatoms. The fourth-order valence-corrected chi connectivity index (χ4v) is 6.02. The van der Waals surface area contributed by atoms with Crippen LogP contribution in [0.3, 0.4) is 0 Å². The zero-order valence-electron chi connectivity index (χ0n) is 15.8. The molecule has 1 aromatic rings. The van der Waals surface area contributed by atoms with Gasteiger partial charge in [-0.1, -0.05) is 0 Å². The molecule has 1 amide bonds. The molecule has 1 aromatic heterocycles. The molecule has 2 unspecified atom stereocenters. The van der Waals surface area contributed by atoms with Gasteiger partial charge in [0.15, 0.2) is 0 Å². The Morgan fingerprint density at radius 3 is 2.82 bits per heavy atom. The fourth-order valence-electron chi connectivity index (χ4n) is 6.02. The van der Waals surface area contributed by atoms with Gasteiger partial charge in [0, 0.05) is 25.2 Å². The van der Waals surface area contributed by atoms with E-state index in [1.54, 1.807) is 23.2 Å². The Kier molecular flexibility index (Phi) is 4.20. The third-order valence-corrected chi connectivity index (χ3v) is 6.95. The maximum atomic E-state index is 12.7. The Labute approximate surface area is 164 Å². The predicted molar refractivity (Wildman–Crippen MR) is 98.3 cm³/mol. The summed E-state index contributed by atoms with van der Waals surface area (Å²) in [6, 6.07) is 5.31. The Bertz CT molecular complexity index is 806. The summed E-state index contributed by atoms with van der Waals surface area (Å²) < 4.78 is 11.8. The second-order valence-electron chi connectivity index (χ2n) is 9.01. The van der Waals surface area contributed by atoms with Crippen molar-refractivity contribution in [1.82, 2.24) is 9.88 Å². The van der Waals surface area contributed by atoms with Crippen LogP contribution < -0.4 is 4.74 Å². The highest BCUT2D eigenvalue weighted by Crippen LogP contribution is 2.56. The van der Waals surface area contributed by atoms with Gasteiger partial charge in [0.2, 0.25) is 5.88 Å². The molecule has 0 aromatic carbocycles. The molecule has 0 spiro atoms. The first-order chi connectivity index (χ1) is 13.5. The molecule has 148 valence electrons. The number of pyridine rings is 1. The van der Waals surface area contributed by atoms with Gasteiger partial charge in [-0.15, -0.1) is 0 Å². The summed E-state index contributed by atoms with van der Waals surface area (Å²) in [6.07, 6.45) is 6.40. The first-order valence-corrected chi connectivity index (χ1v) is 10.2. The average Bonchev–Trinajstić information content (AvgIpc) is 3.12. The lowest BCUT2D eigenvalue weighted by Gasteiger charge is -2.57. The Morgan fingerprint density at radius 2 is 2.11 bits per heavy atom. The number of carbonyl (C=O) groups is 1. The first kappa shape index (κ1) is 17.7. The van der Waals surface area contributed by atoms with Crippen LogP contribution in [0.25, 0.3) is 0 Å². The van der Waals surface area contributed by atoms with Crippen LogP contribution in [0.2, 0.25) is 0 Å². The number of aliphatic hydroxyl groups is 1. The number of ether oxygens (including phenoxy) is 2. The molecular formula is C21H25N3O4. The van der Waals surface area contributed by atoms with Gasteiger partial charge in [-0.05, 0) is 55.9 Å². The Morgan fingerprint density at radius 1 is 1.32 bits per heavy atom. The molecule has 1 aliphatic heterocycles. The lowest BCUT2D eigenvalue weighted by molar-refractivity contribution is -0.177. The van der Waals surface area contributed by atoms with E-state index in [1.807, 2.05) is 0 Å². The van der Waals surface area contributed by atoms with Crippen LogP contribution in [0.1, 0.15) is 44.1 Å². The van der Waals surface area contributed by atoms with Gasteiger partial charge in [0.05, 0.1) is 23.8 Å². The van der Waals surface area contributed by atoms with Crippen LogP contribution in [-0.4, -0.2) is 52.0 Å². The molecule has 28 heavy (non-hydrogen) atoms. The molecule has 4 bridgehead atoms. The number of nitriles is 1. The van der Waals surface area contributed by atoms with Gasteiger partial charge in [-0.3, -0.25) is 0 Å². The van der Waals surface area contributed by atoms with Gasteiger partial charge < -0.3 is 19.5 Å². The van der Waals surface area contributed by atoms with Crippen LogP contribution in [-0.2, 0) is 4.74 Å². The third kappa shape index (κ3) is 3.20. The van der Waals surface area contributed by atoms with Crippen molar-refractivity contribution >= 4 is 6.09 Å². The smallest absolute Gasteiger partial charge is 0.410 e. The predicted octanol–water partition coefficient (Wildman–Crippen LogP) is 2.48. The highest BCUT2D eigenvalue weighted by atomic mass is 16.6. The topological polar surface area (TPSA) is 95.7 Å². The minimum Gasteiger partial charge on any atom is -0.472 e. The molecule has 3 atom stereocenters. The lowest BCUT2D eigenvalue weighted by Crippen LogP contribution is -2.58. The summed E-state index contributed by atoms with van der Waals surface area (Å²) in [5.74, 6) is 1.60. The number of amides is 1. The lowest BCUT2D eigenvalue weighted by atomic mass is 9.53. The monoisotopic (exact) mass is 383 g/mol. The largest absolute Gasteiger partial charge is 0.472 e. The van der Waals surface area contributed by atoms with Crippen molar-refractivity contribution in [3.8, 4) is 11.9 Å². The van der Waals surface area contributed by atoms with Crippen LogP contribution in [0.4, 0.5) is 4.79 Å². The number of hydrogen-bond acceptors (Lipinski definition) is 6. The number of likely N-dealkylation sites (tertiary alicyclic amines) is 1. The summed E-state index contributed by atoms with van der Waals surface area (Å²) in [6.45, 7) is 1.06. The number of carbonyl (C=O) groups excluding carboxylic acids is 1. The standard InChI is InChI=1S/C21H25N3O4/c22-11-13-1-3-23-18(7-13)27-17-2-4-24(12-17)20(25)28-19-15-5-14-6-16(19)10-21(26,8-14)9-15/h1,3,7,14-17,19,26H,2,4-6,8-10,12H2/t14?,15?,16?,17-,19?,21?/m1/s1. The van der Waals surface area contributed by atoms with E-state index < -0.39 is 5.60 Å². The highest BCUT2D eigenvalue weighted by Gasteiger charge is 2.56. The molecule has 6 rings (SSSR count). The van der Waals surface area contributed by atoms with Crippen molar-refractivity contribution in [1.29, 1.82) is 5.26 Å². The van der Waals surface area contributed by atoms with Crippen molar-refractivity contribution in [2.45, 2.75) is 56.3 Å². The quantitative estimate of drug-likeness (QED) is 0.861. The van der Waals surface area contributed by atoms with Gasteiger partial charge in [-0.2, -0.15) is 5.26 Å². The summed E-state index contributed by atoms with van der Waals surface area (Å²) >= 11 is 0. The maximum absolute atomic E-state index is 12.7. The van der Waals surface area contributed by atoms with E-state index in [0.717, 1.165) is 32.1 Å². The second-order valence-corrected chi connectivity index (χ2v) is 9.01. The zero-order chi connectivity index (χ0) is 19.3. The van der Waals surface area contributed by atoms with Gasteiger partial charge in [0.25, 0.3) is 0 Å². The van der Waals surface area contributed by atoms with Crippen molar-refractivity contribution in [3.05, 3.63) is 23.9 Å². The minimum absolute atomic E-state index is 0.0572. The van der Waals surface area contributed by atoms with E-state index in [0.29, 0.717) is 48.7 Å². The van der Waals surface area contributed by atoms with Crippen LogP contribution in [0, 0.1) is 29.1 Å². The molecule has 7 nitrogen and oxygen atoms in total. The highest BCUT2D eigenvalue weighted by molar-refractivity contribution is 5.68. The fraction of sp³-hybridized carbons (Fsp3) is 0.667. The van der Waals surface area contributed by atoms with Gasteiger partial charge >= 0.3 is 6.09 Å². The summed E-state index contributed by atoms with van der Waals surface area (Å²) in [7, 11) is 0. The summed E-state index contributed by atoms with van der Waals surface area (Å²) in [4.78, 5) is 18.6. The van der Waals surface area contributed by atoms with E-state index in [9.17, 15) is 9.90 Å². The van der Waals surface area contributed by atoms with Crippen LogP contribution in [0.5, 0.6) is 5.88 Å². The number of aromatic nitrogens is 1. The molecule has 5 aliphatic rings. The van der Waals surface area contributed by atoms with Crippen LogP contribution in [0.15, 0.2) is 18.3 Å². The first-order valence-electron chi connectivity index (χ1n) is 10.2. The van der Waals surface area contributed by atoms with Crippen LogP contribution >= 0.6 is 0 Å². The molecule has 1 saturated heterocycles. The Hall–Kier alpha value is -2.33. The number of hydrogen-bond donors (Lipinski definition) is 1. The number of rotatable bonds is 3. The zero-order valence-corrected chi connectivity index (χ0v) is 15.8. The molecule has 1 N–H and O–H groups in total. The van der Waals surface area contributed by atoms with Crippen molar-refractivity contribution < 1.29 is 19.4 Å². The molecule has 5 fully saturated rings. The molecule has 0 radical (unpaired) electrons. The number of nitrogens with zero attached hydrogens (tertiary/aromatic N) is 3. The van der Waals surface area contributed by atoms with E-state index in [4.69, 9.17) is 14.7 Å². The average molecular weight is 383 g/mol. The minimum atomic E-state index is -0.517. The second kappa shape index (κ2) is 6.63. The van der Waals surface area contributed by atoms with Gasteiger partial charge in [0.1, 0.15) is 12.2 Å². The van der Waals surface area contributed by atoms with E-state index in [2.05, 4.69) is 11.1 Å². The SMILES string of the molecule is N#Cc1ccnc(O[C@@H]2CCN(C(=O)OC3C4CC5CC3CC(O)(C5)C4)C2)c1. The molecular weight excluding hydrogens is 358 g/mol. The molecule has 4 aliphatic carbocycles. The van der Waals surface area contributed by atoms with Crippen molar-refractivity contribution in [2.24, 2.45) is 17.8 Å². The molecule has 4 saturated carbocycles. The summed E-state index contributed by atoms with van der Waals surface area (Å²) in [5, 5.41) is 19.7. The maximum Gasteiger partial charge on any atom is 0.410 e. The van der Waals surface area contributed by atoms with E-state index >= 15 is 0 Å².